The Balaban J connectivity index is 2.44. The lowest BCUT2D eigenvalue weighted by molar-refractivity contribution is -0.141. The molecule has 1 aliphatic heterocycles. The maximum atomic E-state index is 11.2. The van der Waals surface area contributed by atoms with E-state index < -0.39 is 11.9 Å². The number of rotatable bonds is 3. The summed E-state index contributed by atoms with van der Waals surface area (Å²) in [4.78, 5) is 13.5. The molecule has 1 aliphatic rings. The third-order valence-electron chi connectivity index (χ3n) is 3.71. The van der Waals surface area contributed by atoms with E-state index in [2.05, 4.69) is 18.7 Å². The van der Waals surface area contributed by atoms with E-state index in [1.165, 1.54) is 0 Å². The molecule has 1 N–H and O–H groups in total. The van der Waals surface area contributed by atoms with Crippen LogP contribution in [0.2, 0.25) is 5.02 Å². The number of fused-ring (bicyclic) bond motifs is 1. The zero-order chi connectivity index (χ0) is 13.4. The Morgan fingerprint density at radius 3 is 2.67 bits per heavy atom. The Morgan fingerprint density at radius 2 is 2.11 bits per heavy atom. The molecule has 2 unspecified atom stereocenters. The van der Waals surface area contributed by atoms with Gasteiger partial charge >= 0.3 is 5.97 Å². The number of hydrogen-bond donors (Lipinski definition) is 1. The molecule has 1 aromatic carbocycles. The molecule has 0 fully saturated rings. The molecule has 98 valence electrons. The first-order valence-corrected chi connectivity index (χ1v) is 6.58. The number of nitrogens with zero attached hydrogens (tertiary/aromatic N) is 1. The minimum atomic E-state index is -0.753. The summed E-state index contributed by atoms with van der Waals surface area (Å²) >= 11 is 6.03. The Kier molecular flexibility index (Phi) is 3.53. The molecule has 0 aromatic heterocycles. The summed E-state index contributed by atoms with van der Waals surface area (Å²) < 4.78 is 0. The number of halogens is 1. The van der Waals surface area contributed by atoms with Crippen LogP contribution in [0, 0.1) is 5.92 Å². The Bertz CT molecular complexity index is 473. The van der Waals surface area contributed by atoms with Gasteiger partial charge in [-0.15, -0.1) is 0 Å². The van der Waals surface area contributed by atoms with Crippen LogP contribution in [0.1, 0.15) is 32.3 Å². The van der Waals surface area contributed by atoms with Crippen molar-refractivity contribution in [2.45, 2.75) is 32.7 Å². The van der Waals surface area contributed by atoms with E-state index in [-0.39, 0.29) is 5.92 Å². The zero-order valence-corrected chi connectivity index (χ0v) is 11.6. The molecule has 4 heteroatoms. The van der Waals surface area contributed by atoms with Crippen LogP contribution in [0.25, 0.3) is 0 Å². The largest absolute Gasteiger partial charge is 0.481 e. The second-order valence-corrected chi connectivity index (χ2v) is 5.62. The lowest BCUT2D eigenvalue weighted by atomic mass is 9.89. The van der Waals surface area contributed by atoms with Gasteiger partial charge in [0.05, 0.1) is 5.92 Å². The fraction of sp³-hybridized carbons (Fsp3) is 0.500. The summed E-state index contributed by atoms with van der Waals surface area (Å²) in [6, 6.07) is 6.12. The van der Waals surface area contributed by atoms with E-state index in [4.69, 9.17) is 11.6 Å². The number of anilines is 1. The number of carbonyl (C=O) groups is 1. The second kappa shape index (κ2) is 4.81. The highest BCUT2D eigenvalue weighted by molar-refractivity contribution is 6.30. The lowest BCUT2D eigenvalue weighted by Crippen LogP contribution is -2.31. The van der Waals surface area contributed by atoms with Crippen molar-refractivity contribution >= 4 is 23.3 Å². The van der Waals surface area contributed by atoms with E-state index >= 15 is 0 Å². The van der Waals surface area contributed by atoms with Crippen molar-refractivity contribution in [3.8, 4) is 0 Å². The number of carboxylic acids is 1. The zero-order valence-electron chi connectivity index (χ0n) is 10.9. The van der Waals surface area contributed by atoms with Crippen LogP contribution in [0.4, 0.5) is 5.69 Å². The molecule has 2 rings (SSSR count). The number of hydrogen-bond acceptors (Lipinski definition) is 2. The normalized spacial score (nSPS) is 20.1. The van der Waals surface area contributed by atoms with Crippen molar-refractivity contribution in [1.29, 1.82) is 0 Å². The van der Waals surface area contributed by atoms with Crippen LogP contribution >= 0.6 is 11.6 Å². The monoisotopic (exact) mass is 267 g/mol. The smallest absolute Gasteiger partial charge is 0.306 e. The SMILES string of the molecule is CC(C(=O)O)C1CN(C(C)C)c2ccc(Cl)cc21. The molecule has 1 aromatic rings. The fourth-order valence-electron chi connectivity index (χ4n) is 2.58. The fourth-order valence-corrected chi connectivity index (χ4v) is 2.76. The van der Waals surface area contributed by atoms with Gasteiger partial charge in [-0.3, -0.25) is 4.79 Å². The van der Waals surface area contributed by atoms with Crippen LogP contribution in [0.5, 0.6) is 0 Å². The average Bonchev–Trinajstić information content (AvgIpc) is 2.66. The molecule has 0 spiro atoms. The highest BCUT2D eigenvalue weighted by Gasteiger charge is 2.36. The Labute approximate surface area is 112 Å². The molecule has 2 atom stereocenters. The molecule has 0 saturated heterocycles. The molecule has 0 radical (unpaired) electrons. The van der Waals surface area contributed by atoms with Gasteiger partial charge in [-0.25, -0.2) is 0 Å². The van der Waals surface area contributed by atoms with E-state index in [0.29, 0.717) is 11.1 Å². The topological polar surface area (TPSA) is 40.5 Å². The Morgan fingerprint density at radius 1 is 1.44 bits per heavy atom. The van der Waals surface area contributed by atoms with Crippen molar-refractivity contribution in [1.82, 2.24) is 0 Å². The van der Waals surface area contributed by atoms with Gasteiger partial charge in [-0.05, 0) is 37.6 Å². The molecule has 0 bridgehead atoms. The van der Waals surface area contributed by atoms with E-state index in [1.807, 2.05) is 18.2 Å². The molecule has 0 amide bonds. The van der Waals surface area contributed by atoms with Crippen molar-refractivity contribution in [2.75, 3.05) is 11.4 Å². The van der Waals surface area contributed by atoms with Crippen LogP contribution in [-0.4, -0.2) is 23.7 Å². The van der Waals surface area contributed by atoms with Gasteiger partial charge in [-0.2, -0.15) is 0 Å². The van der Waals surface area contributed by atoms with E-state index in [1.54, 1.807) is 6.92 Å². The highest BCUT2D eigenvalue weighted by atomic mass is 35.5. The molecular weight excluding hydrogens is 250 g/mol. The summed E-state index contributed by atoms with van der Waals surface area (Å²) in [6.45, 7) is 6.75. The third kappa shape index (κ3) is 2.19. The van der Waals surface area contributed by atoms with Gasteiger partial charge in [0.1, 0.15) is 0 Å². The second-order valence-electron chi connectivity index (χ2n) is 5.18. The average molecular weight is 268 g/mol. The lowest BCUT2D eigenvalue weighted by Gasteiger charge is -2.25. The summed E-state index contributed by atoms with van der Waals surface area (Å²) in [5.74, 6) is -1.14. The molecule has 0 saturated carbocycles. The van der Waals surface area contributed by atoms with Crippen molar-refractivity contribution in [3.05, 3.63) is 28.8 Å². The predicted molar refractivity (Wildman–Crippen MR) is 73.5 cm³/mol. The number of benzene rings is 1. The van der Waals surface area contributed by atoms with Crippen LogP contribution in [-0.2, 0) is 4.79 Å². The molecule has 18 heavy (non-hydrogen) atoms. The molecule has 3 nitrogen and oxygen atoms in total. The summed E-state index contributed by atoms with van der Waals surface area (Å²) in [7, 11) is 0. The van der Waals surface area contributed by atoms with Gasteiger partial charge in [0.25, 0.3) is 0 Å². The highest BCUT2D eigenvalue weighted by Crippen LogP contribution is 2.42. The third-order valence-corrected chi connectivity index (χ3v) is 3.94. The maximum absolute atomic E-state index is 11.2. The first kappa shape index (κ1) is 13.2. The van der Waals surface area contributed by atoms with Crippen molar-refractivity contribution in [3.63, 3.8) is 0 Å². The van der Waals surface area contributed by atoms with Gasteiger partial charge in [0.15, 0.2) is 0 Å². The van der Waals surface area contributed by atoms with Gasteiger partial charge in [0.2, 0.25) is 0 Å². The van der Waals surface area contributed by atoms with Crippen LogP contribution in [0.15, 0.2) is 18.2 Å². The first-order valence-electron chi connectivity index (χ1n) is 6.20. The van der Waals surface area contributed by atoms with Gasteiger partial charge < -0.3 is 10.0 Å². The summed E-state index contributed by atoms with van der Waals surface area (Å²) in [6.07, 6.45) is 0. The van der Waals surface area contributed by atoms with Crippen LogP contribution < -0.4 is 4.90 Å². The molecule has 0 aliphatic carbocycles. The Hall–Kier alpha value is -1.22. The van der Waals surface area contributed by atoms with Crippen LogP contribution in [0.3, 0.4) is 0 Å². The molecular formula is C14H18ClNO2. The van der Waals surface area contributed by atoms with Crippen molar-refractivity contribution in [2.24, 2.45) is 5.92 Å². The quantitative estimate of drug-likeness (QED) is 0.913. The number of carboxylic acid groups (broad SMARTS) is 1. The first-order chi connectivity index (χ1) is 8.41. The standard InChI is InChI=1S/C14H18ClNO2/c1-8(2)16-7-12(9(3)14(17)18)11-6-10(15)4-5-13(11)16/h4-6,8-9,12H,7H2,1-3H3,(H,17,18). The minimum Gasteiger partial charge on any atom is -0.481 e. The van der Waals surface area contributed by atoms with E-state index in [0.717, 1.165) is 17.8 Å². The van der Waals surface area contributed by atoms with Gasteiger partial charge in [0, 0.05) is 29.2 Å². The summed E-state index contributed by atoms with van der Waals surface area (Å²) in [5, 5.41) is 9.88. The van der Waals surface area contributed by atoms with Crippen molar-refractivity contribution < 1.29 is 9.90 Å². The number of aliphatic carboxylic acids is 1. The molecule has 1 heterocycles. The predicted octanol–water partition coefficient (Wildman–Crippen LogP) is 3.37. The minimum absolute atomic E-state index is 0.0126. The summed E-state index contributed by atoms with van der Waals surface area (Å²) in [5.41, 5.74) is 2.18. The van der Waals surface area contributed by atoms with Gasteiger partial charge in [-0.1, -0.05) is 18.5 Å². The maximum Gasteiger partial charge on any atom is 0.306 e. The van der Waals surface area contributed by atoms with E-state index in [9.17, 15) is 9.90 Å².